The Hall–Kier alpha value is -0.970. The number of nitrogens with one attached hydrogen (secondary N) is 1. The summed E-state index contributed by atoms with van der Waals surface area (Å²) in [7, 11) is 0. The van der Waals surface area contributed by atoms with Crippen LogP contribution in [0.1, 0.15) is 24.0 Å². The van der Waals surface area contributed by atoms with E-state index in [0.29, 0.717) is 0 Å². The maximum atomic E-state index is 10.2. The van der Waals surface area contributed by atoms with Crippen LogP contribution in [0.2, 0.25) is 0 Å². The lowest BCUT2D eigenvalue weighted by atomic mass is 10.1. The Morgan fingerprint density at radius 3 is 3.06 bits per heavy atom. The van der Waals surface area contributed by atoms with Gasteiger partial charge in [0, 0.05) is 6.04 Å². The molecule has 2 atom stereocenters. The van der Waals surface area contributed by atoms with Crippen molar-refractivity contribution in [1.29, 1.82) is 0 Å². The van der Waals surface area contributed by atoms with E-state index in [1.54, 1.807) is 11.3 Å². The zero-order valence-electron chi connectivity index (χ0n) is 8.89. The highest BCUT2D eigenvalue weighted by atomic mass is 32.1. The topological polar surface area (TPSA) is 45.2 Å². The first-order valence-electron chi connectivity index (χ1n) is 5.61. The third-order valence-electron chi connectivity index (χ3n) is 3.04. The molecule has 1 aromatic carbocycles. The molecule has 4 heteroatoms. The molecule has 3 nitrogen and oxygen atoms in total. The summed E-state index contributed by atoms with van der Waals surface area (Å²) in [6.45, 7) is 1.01. The van der Waals surface area contributed by atoms with E-state index in [9.17, 15) is 5.11 Å². The van der Waals surface area contributed by atoms with Crippen LogP contribution in [0.25, 0.3) is 10.2 Å². The SMILES string of the molecule is O[C@@H](c1nc2ccccc2s1)[C@@H]1CCCN1. The first-order chi connectivity index (χ1) is 7.84. The average molecular weight is 234 g/mol. The molecule has 1 fully saturated rings. The van der Waals surface area contributed by atoms with Crippen molar-refractivity contribution in [1.82, 2.24) is 10.3 Å². The summed E-state index contributed by atoms with van der Waals surface area (Å²) in [5.41, 5.74) is 0.986. The van der Waals surface area contributed by atoms with Gasteiger partial charge in [-0.05, 0) is 31.5 Å². The highest BCUT2D eigenvalue weighted by Gasteiger charge is 2.26. The average Bonchev–Trinajstić information content (AvgIpc) is 2.97. The van der Waals surface area contributed by atoms with Crippen LogP contribution in [0, 0.1) is 0 Å². The molecule has 1 aliphatic heterocycles. The van der Waals surface area contributed by atoms with E-state index in [1.165, 1.54) is 0 Å². The van der Waals surface area contributed by atoms with Crippen LogP contribution < -0.4 is 5.32 Å². The monoisotopic (exact) mass is 234 g/mol. The third-order valence-corrected chi connectivity index (χ3v) is 4.15. The summed E-state index contributed by atoms with van der Waals surface area (Å²) in [5.74, 6) is 0. The van der Waals surface area contributed by atoms with Crippen LogP contribution in [0.3, 0.4) is 0 Å². The molecule has 0 saturated carbocycles. The highest BCUT2D eigenvalue weighted by molar-refractivity contribution is 7.18. The van der Waals surface area contributed by atoms with Gasteiger partial charge in [-0.1, -0.05) is 12.1 Å². The smallest absolute Gasteiger partial charge is 0.124 e. The fourth-order valence-electron chi connectivity index (χ4n) is 2.17. The molecular weight excluding hydrogens is 220 g/mol. The van der Waals surface area contributed by atoms with Gasteiger partial charge in [0.2, 0.25) is 0 Å². The van der Waals surface area contributed by atoms with Crippen molar-refractivity contribution in [2.45, 2.75) is 25.0 Å². The van der Waals surface area contributed by atoms with E-state index in [-0.39, 0.29) is 6.04 Å². The third kappa shape index (κ3) is 1.73. The van der Waals surface area contributed by atoms with Crippen molar-refractivity contribution in [3.05, 3.63) is 29.3 Å². The van der Waals surface area contributed by atoms with Crippen LogP contribution in [-0.4, -0.2) is 22.7 Å². The molecule has 0 amide bonds. The van der Waals surface area contributed by atoms with Gasteiger partial charge in [0.1, 0.15) is 11.1 Å². The molecule has 0 unspecified atom stereocenters. The number of thiazole rings is 1. The molecule has 0 aliphatic carbocycles. The summed E-state index contributed by atoms with van der Waals surface area (Å²) in [6.07, 6.45) is 1.73. The Morgan fingerprint density at radius 1 is 1.44 bits per heavy atom. The largest absolute Gasteiger partial charge is 0.384 e. The lowest BCUT2D eigenvalue weighted by Crippen LogP contribution is -2.28. The number of benzene rings is 1. The number of aromatic nitrogens is 1. The number of aliphatic hydroxyl groups excluding tert-OH is 1. The van der Waals surface area contributed by atoms with Gasteiger partial charge < -0.3 is 10.4 Å². The second-order valence-electron chi connectivity index (χ2n) is 4.17. The fourth-order valence-corrected chi connectivity index (χ4v) is 3.19. The van der Waals surface area contributed by atoms with Crippen molar-refractivity contribution in [2.75, 3.05) is 6.54 Å². The Morgan fingerprint density at radius 2 is 2.31 bits per heavy atom. The molecule has 16 heavy (non-hydrogen) atoms. The molecule has 84 valence electrons. The molecule has 1 saturated heterocycles. The van der Waals surface area contributed by atoms with Crippen LogP contribution in [0.15, 0.2) is 24.3 Å². The summed E-state index contributed by atoms with van der Waals surface area (Å²) in [4.78, 5) is 4.49. The molecule has 2 heterocycles. The Bertz CT molecular complexity index is 457. The molecule has 2 aromatic rings. The van der Waals surface area contributed by atoms with Crippen LogP contribution in [-0.2, 0) is 0 Å². The van der Waals surface area contributed by atoms with Gasteiger partial charge in [0.15, 0.2) is 0 Å². The molecule has 0 bridgehead atoms. The number of para-hydroxylation sites is 1. The van der Waals surface area contributed by atoms with Crippen LogP contribution >= 0.6 is 11.3 Å². The van der Waals surface area contributed by atoms with Gasteiger partial charge in [-0.25, -0.2) is 4.98 Å². The number of aliphatic hydroxyl groups is 1. The van der Waals surface area contributed by atoms with Crippen molar-refractivity contribution < 1.29 is 5.11 Å². The summed E-state index contributed by atoms with van der Waals surface area (Å²) in [6, 6.07) is 8.20. The van der Waals surface area contributed by atoms with Crippen LogP contribution in [0.4, 0.5) is 0 Å². The zero-order valence-corrected chi connectivity index (χ0v) is 9.70. The maximum Gasteiger partial charge on any atom is 0.124 e. The predicted octanol–water partition coefficient (Wildman–Crippen LogP) is 2.08. The molecule has 0 spiro atoms. The number of nitrogens with zero attached hydrogens (tertiary/aromatic N) is 1. The Labute approximate surface area is 98.1 Å². The number of hydrogen-bond acceptors (Lipinski definition) is 4. The minimum absolute atomic E-state index is 0.181. The quantitative estimate of drug-likeness (QED) is 0.836. The second kappa shape index (κ2) is 4.13. The summed E-state index contributed by atoms with van der Waals surface area (Å²) in [5, 5.41) is 14.4. The molecule has 0 radical (unpaired) electrons. The summed E-state index contributed by atoms with van der Waals surface area (Å²) < 4.78 is 1.15. The minimum Gasteiger partial charge on any atom is -0.384 e. The first-order valence-corrected chi connectivity index (χ1v) is 6.43. The second-order valence-corrected chi connectivity index (χ2v) is 5.23. The lowest BCUT2D eigenvalue weighted by molar-refractivity contribution is 0.137. The first kappa shape index (κ1) is 10.2. The van der Waals surface area contributed by atoms with Gasteiger partial charge in [-0.15, -0.1) is 11.3 Å². The van der Waals surface area contributed by atoms with Gasteiger partial charge in [0.05, 0.1) is 10.2 Å². The maximum absolute atomic E-state index is 10.2. The molecule has 2 N–H and O–H groups in total. The van der Waals surface area contributed by atoms with E-state index in [1.807, 2.05) is 24.3 Å². The van der Waals surface area contributed by atoms with Crippen molar-refractivity contribution in [2.24, 2.45) is 0 Å². The summed E-state index contributed by atoms with van der Waals surface area (Å²) >= 11 is 1.59. The van der Waals surface area contributed by atoms with Crippen molar-refractivity contribution in [3.8, 4) is 0 Å². The Balaban J connectivity index is 1.92. The fraction of sp³-hybridized carbons (Fsp3) is 0.417. The molecule has 1 aliphatic rings. The van der Waals surface area contributed by atoms with Crippen LogP contribution in [0.5, 0.6) is 0 Å². The molecular formula is C12H14N2OS. The van der Waals surface area contributed by atoms with E-state index in [4.69, 9.17) is 0 Å². The number of rotatable bonds is 2. The normalized spacial score (nSPS) is 22.7. The van der Waals surface area contributed by atoms with Gasteiger partial charge >= 0.3 is 0 Å². The Kier molecular flexibility index (Phi) is 2.63. The van der Waals surface area contributed by atoms with E-state index in [2.05, 4.69) is 10.3 Å². The highest BCUT2D eigenvalue weighted by Crippen LogP contribution is 2.30. The lowest BCUT2D eigenvalue weighted by Gasteiger charge is -2.15. The van der Waals surface area contributed by atoms with Crippen molar-refractivity contribution in [3.63, 3.8) is 0 Å². The molecule has 3 rings (SSSR count). The predicted molar refractivity (Wildman–Crippen MR) is 65.6 cm³/mol. The standard InChI is InChI=1S/C12H14N2OS/c15-11(9-5-3-7-13-9)12-14-8-4-1-2-6-10(8)16-12/h1-2,4,6,9,11,13,15H,3,5,7H2/t9-,11+/m0/s1. The van der Waals surface area contributed by atoms with Gasteiger partial charge in [-0.3, -0.25) is 0 Å². The van der Waals surface area contributed by atoms with E-state index < -0.39 is 6.10 Å². The molecule has 1 aromatic heterocycles. The number of fused-ring (bicyclic) bond motifs is 1. The zero-order chi connectivity index (χ0) is 11.0. The van der Waals surface area contributed by atoms with Crippen molar-refractivity contribution >= 4 is 21.6 Å². The van der Waals surface area contributed by atoms with E-state index >= 15 is 0 Å². The number of hydrogen-bond donors (Lipinski definition) is 2. The van der Waals surface area contributed by atoms with Gasteiger partial charge in [-0.2, -0.15) is 0 Å². The minimum atomic E-state index is -0.458. The van der Waals surface area contributed by atoms with E-state index in [0.717, 1.165) is 34.6 Å². The van der Waals surface area contributed by atoms with Gasteiger partial charge in [0.25, 0.3) is 0 Å².